The molecule has 5 aromatic rings. The molecule has 9 heteroatoms. The Balaban J connectivity index is 1.53. The first-order chi connectivity index (χ1) is 19.3. The van der Waals surface area contributed by atoms with Crippen LogP contribution < -0.4 is 14.4 Å². The van der Waals surface area contributed by atoms with Crippen LogP contribution in [0, 0.1) is 13.8 Å². The topological polar surface area (TPSA) is 102 Å². The fourth-order valence-electron chi connectivity index (χ4n) is 5.17. The van der Waals surface area contributed by atoms with E-state index in [2.05, 4.69) is 0 Å². The van der Waals surface area contributed by atoms with Crippen LogP contribution in [0.4, 0.5) is 5.13 Å². The molecule has 1 amide bonds. The third-order valence-electron chi connectivity index (χ3n) is 6.93. The number of aliphatic hydroxyl groups excluding tert-OH is 1. The lowest BCUT2D eigenvalue weighted by atomic mass is 9.95. The van der Waals surface area contributed by atoms with Crippen molar-refractivity contribution in [2.75, 3.05) is 18.6 Å². The Morgan fingerprint density at radius 1 is 1.10 bits per heavy atom. The zero-order chi connectivity index (χ0) is 28.1. The molecule has 0 saturated heterocycles. The molecule has 1 N–H and O–H groups in total. The Morgan fingerprint density at radius 3 is 2.65 bits per heavy atom. The number of para-hydroxylation sites is 1. The second kappa shape index (κ2) is 9.84. The molecule has 1 aliphatic heterocycles. The lowest BCUT2D eigenvalue weighted by molar-refractivity contribution is -0.117. The SMILES string of the molecule is CCOc1ccc(C2C(C(=O)c3cc4ccccc4o3)=C(O)C(=O)N2c2nc3c(C)cc(C)cc3s2)cc1OC. The van der Waals surface area contributed by atoms with Crippen LogP contribution in [-0.2, 0) is 4.79 Å². The van der Waals surface area contributed by atoms with E-state index in [0.717, 1.165) is 26.7 Å². The van der Waals surface area contributed by atoms with Crippen LogP contribution in [0.15, 0.2) is 76.4 Å². The monoisotopic (exact) mass is 554 g/mol. The van der Waals surface area contributed by atoms with Crippen LogP contribution in [-0.4, -0.2) is 35.5 Å². The standard InChI is InChI=1S/C31H26N2O6S/c1-5-38-21-11-10-19(15-22(21)37-4)27-25(28(34)23-14-18-8-6-7-9-20(18)39-23)29(35)30(36)33(27)31-32-26-17(3)12-16(2)13-24(26)40-31/h6-15,27,35H,5H2,1-4H3. The molecule has 2 aromatic heterocycles. The van der Waals surface area contributed by atoms with E-state index in [1.165, 1.54) is 23.3 Å². The summed E-state index contributed by atoms with van der Waals surface area (Å²) < 4.78 is 18.0. The molecule has 40 heavy (non-hydrogen) atoms. The third kappa shape index (κ3) is 4.10. The molecule has 1 aliphatic rings. The smallest absolute Gasteiger partial charge is 0.296 e. The summed E-state index contributed by atoms with van der Waals surface area (Å²) in [5, 5.41) is 12.3. The molecule has 0 bridgehead atoms. The highest BCUT2D eigenvalue weighted by Crippen LogP contribution is 2.46. The molecule has 1 unspecified atom stereocenters. The summed E-state index contributed by atoms with van der Waals surface area (Å²) in [5.74, 6) is -0.966. The highest BCUT2D eigenvalue weighted by atomic mass is 32.1. The van der Waals surface area contributed by atoms with Gasteiger partial charge in [0.1, 0.15) is 5.58 Å². The van der Waals surface area contributed by atoms with Gasteiger partial charge in [0.2, 0.25) is 5.78 Å². The number of anilines is 1. The average Bonchev–Trinajstić information content (AvgIpc) is 3.63. The molecule has 3 aromatic carbocycles. The van der Waals surface area contributed by atoms with Crippen LogP contribution in [0.3, 0.4) is 0 Å². The molecular weight excluding hydrogens is 528 g/mol. The summed E-state index contributed by atoms with van der Waals surface area (Å²) >= 11 is 1.33. The summed E-state index contributed by atoms with van der Waals surface area (Å²) in [5.41, 5.74) is 3.79. The van der Waals surface area contributed by atoms with Gasteiger partial charge in [0.15, 0.2) is 28.1 Å². The van der Waals surface area contributed by atoms with Gasteiger partial charge in [-0.2, -0.15) is 0 Å². The van der Waals surface area contributed by atoms with Gasteiger partial charge in [-0.25, -0.2) is 4.98 Å². The normalized spacial score (nSPS) is 15.4. The average molecular weight is 555 g/mol. The number of thiazole rings is 1. The van der Waals surface area contributed by atoms with E-state index in [0.29, 0.717) is 34.4 Å². The number of carbonyl (C=O) groups excluding carboxylic acids is 2. The van der Waals surface area contributed by atoms with Crippen LogP contribution in [0.2, 0.25) is 0 Å². The van der Waals surface area contributed by atoms with Gasteiger partial charge in [0, 0.05) is 5.39 Å². The number of aryl methyl sites for hydroxylation is 2. The highest BCUT2D eigenvalue weighted by Gasteiger charge is 2.47. The number of ether oxygens (including phenoxy) is 2. The number of ketones is 1. The molecular formula is C31H26N2O6S. The van der Waals surface area contributed by atoms with Crippen molar-refractivity contribution in [3.8, 4) is 11.5 Å². The molecule has 202 valence electrons. The largest absolute Gasteiger partial charge is 0.503 e. The van der Waals surface area contributed by atoms with E-state index in [-0.39, 0.29) is 11.3 Å². The van der Waals surface area contributed by atoms with Gasteiger partial charge in [0.05, 0.1) is 35.5 Å². The minimum Gasteiger partial charge on any atom is -0.503 e. The first kappa shape index (κ1) is 25.6. The lowest BCUT2D eigenvalue weighted by Crippen LogP contribution is -2.31. The summed E-state index contributed by atoms with van der Waals surface area (Å²) in [7, 11) is 1.52. The molecule has 0 aliphatic carbocycles. The predicted octanol–water partition coefficient (Wildman–Crippen LogP) is 6.85. The predicted molar refractivity (Wildman–Crippen MR) is 154 cm³/mol. The van der Waals surface area contributed by atoms with Crippen molar-refractivity contribution in [3.63, 3.8) is 0 Å². The Morgan fingerprint density at radius 2 is 1.90 bits per heavy atom. The molecule has 6 rings (SSSR count). The first-order valence-corrected chi connectivity index (χ1v) is 13.6. The molecule has 0 fully saturated rings. The number of Topliss-reactive ketones (excluding diaryl/α,β-unsaturated/α-hetero) is 1. The minimum absolute atomic E-state index is 0.0241. The number of furan rings is 1. The van der Waals surface area contributed by atoms with Crippen molar-refractivity contribution in [2.45, 2.75) is 26.8 Å². The van der Waals surface area contributed by atoms with E-state index in [9.17, 15) is 14.7 Å². The van der Waals surface area contributed by atoms with Crippen LogP contribution in [0.1, 0.15) is 40.2 Å². The van der Waals surface area contributed by atoms with Crippen LogP contribution in [0.5, 0.6) is 11.5 Å². The summed E-state index contributed by atoms with van der Waals surface area (Å²) in [6.45, 7) is 6.27. The summed E-state index contributed by atoms with van der Waals surface area (Å²) in [4.78, 5) is 33.8. The third-order valence-corrected chi connectivity index (χ3v) is 7.93. The fourth-order valence-corrected chi connectivity index (χ4v) is 6.34. The van der Waals surface area contributed by atoms with Crippen LogP contribution in [0.25, 0.3) is 21.2 Å². The number of fused-ring (bicyclic) bond motifs is 2. The molecule has 0 saturated carbocycles. The molecule has 8 nitrogen and oxygen atoms in total. The second-order valence-corrected chi connectivity index (χ2v) is 10.6. The maximum Gasteiger partial charge on any atom is 0.296 e. The Bertz CT molecular complexity index is 1820. The van der Waals surface area contributed by atoms with Crippen molar-refractivity contribution >= 4 is 49.3 Å². The van der Waals surface area contributed by atoms with Gasteiger partial charge >= 0.3 is 0 Å². The molecule has 0 spiro atoms. The fraction of sp³-hybridized carbons (Fsp3) is 0.194. The first-order valence-electron chi connectivity index (χ1n) is 12.8. The molecule has 1 atom stereocenters. The quantitative estimate of drug-likeness (QED) is 0.220. The number of aliphatic hydroxyl groups is 1. The summed E-state index contributed by atoms with van der Waals surface area (Å²) in [6, 6.07) is 17.1. The van der Waals surface area contributed by atoms with Gasteiger partial charge in [-0.15, -0.1) is 0 Å². The second-order valence-electron chi connectivity index (χ2n) is 9.59. The van der Waals surface area contributed by atoms with E-state index >= 15 is 0 Å². The minimum atomic E-state index is -0.986. The van der Waals surface area contributed by atoms with Gasteiger partial charge in [0.25, 0.3) is 5.91 Å². The van der Waals surface area contributed by atoms with E-state index in [1.807, 2.05) is 51.1 Å². The number of amides is 1. The van der Waals surface area contributed by atoms with Crippen LogP contribution >= 0.6 is 11.3 Å². The summed E-state index contributed by atoms with van der Waals surface area (Å²) in [6.07, 6.45) is 0. The molecule has 0 radical (unpaired) electrons. The number of hydrogen-bond donors (Lipinski definition) is 1. The van der Waals surface area contributed by atoms with Crippen molar-refractivity contribution in [1.29, 1.82) is 0 Å². The maximum atomic E-state index is 14.0. The molecule has 3 heterocycles. The van der Waals surface area contributed by atoms with Crippen molar-refractivity contribution in [2.24, 2.45) is 0 Å². The van der Waals surface area contributed by atoms with Crippen molar-refractivity contribution < 1.29 is 28.6 Å². The number of nitrogens with zero attached hydrogens (tertiary/aromatic N) is 2. The van der Waals surface area contributed by atoms with E-state index < -0.39 is 23.5 Å². The number of benzene rings is 3. The maximum absolute atomic E-state index is 14.0. The number of aromatic nitrogens is 1. The van der Waals surface area contributed by atoms with Gasteiger partial charge in [-0.1, -0.05) is 41.7 Å². The number of rotatable bonds is 7. The Kier molecular flexibility index (Phi) is 6.31. The van der Waals surface area contributed by atoms with Gasteiger partial charge in [-0.05, 0) is 67.8 Å². The highest BCUT2D eigenvalue weighted by molar-refractivity contribution is 7.22. The zero-order valence-corrected chi connectivity index (χ0v) is 23.2. The number of hydrogen-bond acceptors (Lipinski definition) is 8. The number of methoxy groups -OCH3 is 1. The van der Waals surface area contributed by atoms with E-state index in [4.69, 9.17) is 18.9 Å². The zero-order valence-electron chi connectivity index (χ0n) is 22.3. The van der Waals surface area contributed by atoms with Gasteiger partial charge < -0.3 is 19.0 Å². The van der Waals surface area contributed by atoms with Crippen molar-refractivity contribution in [1.82, 2.24) is 4.98 Å². The van der Waals surface area contributed by atoms with Gasteiger partial charge in [-0.3, -0.25) is 14.5 Å². The number of carbonyl (C=O) groups is 2. The van der Waals surface area contributed by atoms with E-state index in [1.54, 1.807) is 30.3 Å². The lowest BCUT2D eigenvalue weighted by Gasteiger charge is -2.25. The Hall–Kier alpha value is -4.63. The van der Waals surface area contributed by atoms with Crippen molar-refractivity contribution in [3.05, 3.63) is 94.4 Å². The Labute approximate surface area is 234 Å².